The summed E-state index contributed by atoms with van der Waals surface area (Å²) in [6.45, 7) is 1.25. The van der Waals surface area contributed by atoms with Crippen molar-refractivity contribution in [3.8, 4) is 0 Å². The van der Waals surface area contributed by atoms with E-state index < -0.39 is 17.4 Å². The number of hydrogen-bond donors (Lipinski definition) is 1. The molecule has 1 aromatic carbocycles. The standard InChI is InChI=1S/C19H20BrN3O4/c1-27-8-7-22-16(24)14-13-3-2-6-23(13)19(15(14)17(22)25)11-9-10(20)4-5-12(11)21-18(19)26/h4-5,9,13-15H,2-3,6-8H2,1H3,(H,21,26)/t13-,14-,15+,19+/m1/s1. The first kappa shape index (κ1) is 17.3. The Morgan fingerprint density at radius 3 is 2.89 bits per heavy atom. The molecule has 27 heavy (non-hydrogen) atoms. The van der Waals surface area contributed by atoms with Crippen molar-refractivity contribution in [2.75, 3.05) is 32.1 Å². The minimum absolute atomic E-state index is 0.0744. The van der Waals surface area contributed by atoms with E-state index in [0.717, 1.165) is 35.1 Å². The van der Waals surface area contributed by atoms with E-state index in [1.807, 2.05) is 18.2 Å². The molecule has 8 heteroatoms. The zero-order valence-corrected chi connectivity index (χ0v) is 16.5. The number of rotatable bonds is 3. The van der Waals surface area contributed by atoms with E-state index in [0.29, 0.717) is 6.61 Å². The Labute approximate surface area is 165 Å². The van der Waals surface area contributed by atoms with Gasteiger partial charge in [0.1, 0.15) is 5.54 Å². The molecule has 0 radical (unpaired) electrons. The monoisotopic (exact) mass is 433 g/mol. The average Bonchev–Trinajstić information content (AvgIpc) is 3.33. The number of fused-ring (bicyclic) bond motifs is 7. The van der Waals surface area contributed by atoms with Crippen molar-refractivity contribution >= 4 is 39.3 Å². The number of benzene rings is 1. The van der Waals surface area contributed by atoms with Gasteiger partial charge in [0.15, 0.2) is 0 Å². The Hall–Kier alpha value is -1.77. The lowest BCUT2D eigenvalue weighted by Gasteiger charge is -2.36. The average molecular weight is 434 g/mol. The second-order valence-corrected chi connectivity index (χ2v) is 8.55. The number of carbonyl (C=O) groups excluding carboxylic acids is 3. The van der Waals surface area contributed by atoms with Crippen molar-refractivity contribution in [3.63, 3.8) is 0 Å². The maximum atomic E-state index is 13.4. The molecule has 0 bridgehead atoms. The Bertz CT molecular complexity index is 875. The zero-order valence-electron chi connectivity index (χ0n) is 14.9. The molecule has 1 N–H and O–H groups in total. The molecular weight excluding hydrogens is 414 g/mol. The number of likely N-dealkylation sites (tertiary alicyclic amines) is 1. The van der Waals surface area contributed by atoms with Crippen LogP contribution >= 0.6 is 15.9 Å². The van der Waals surface area contributed by atoms with Crippen LogP contribution in [0.5, 0.6) is 0 Å². The summed E-state index contributed by atoms with van der Waals surface area (Å²) in [5.74, 6) is -1.74. The topological polar surface area (TPSA) is 79.0 Å². The fourth-order valence-electron chi connectivity index (χ4n) is 5.64. The van der Waals surface area contributed by atoms with Gasteiger partial charge in [-0.2, -0.15) is 0 Å². The van der Waals surface area contributed by atoms with Crippen LogP contribution in [0.2, 0.25) is 0 Å². The van der Waals surface area contributed by atoms with Crippen LogP contribution in [0.15, 0.2) is 22.7 Å². The number of imide groups is 1. The first-order valence-corrected chi connectivity index (χ1v) is 10.0. The van der Waals surface area contributed by atoms with E-state index in [4.69, 9.17) is 4.74 Å². The third-order valence-electron chi connectivity index (χ3n) is 6.56. The Morgan fingerprint density at radius 2 is 2.11 bits per heavy atom. The van der Waals surface area contributed by atoms with Gasteiger partial charge < -0.3 is 10.1 Å². The van der Waals surface area contributed by atoms with E-state index >= 15 is 0 Å². The van der Waals surface area contributed by atoms with E-state index in [1.165, 1.54) is 4.90 Å². The quantitative estimate of drug-likeness (QED) is 0.727. The highest BCUT2D eigenvalue weighted by Crippen LogP contribution is 2.60. The third-order valence-corrected chi connectivity index (χ3v) is 7.06. The predicted octanol–water partition coefficient (Wildman–Crippen LogP) is 1.32. The lowest BCUT2D eigenvalue weighted by Crippen LogP contribution is -2.54. The van der Waals surface area contributed by atoms with Crippen molar-refractivity contribution in [3.05, 3.63) is 28.2 Å². The van der Waals surface area contributed by atoms with Crippen LogP contribution in [-0.2, 0) is 24.7 Å². The lowest BCUT2D eigenvalue weighted by molar-refractivity contribution is -0.146. The second-order valence-electron chi connectivity index (χ2n) is 7.64. The summed E-state index contributed by atoms with van der Waals surface area (Å²) >= 11 is 3.50. The van der Waals surface area contributed by atoms with Crippen LogP contribution in [0, 0.1) is 11.8 Å². The molecule has 5 rings (SSSR count). The number of nitrogens with one attached hydrogen (secondary N) is 1. The number of amides is 3. The van der Waals surface area contributed by atoms with E-state index in [1.54, 1.807) is 7.11 Å². The van der Waals surface area contributed by atoms with E-state index in [2.05, 4.69) is 26.1 Å². The maximum absolute atomic E-state index is 13.4. The third kappa shape index (κ3) is 2.01. The Balaban J connectivity index is 1.69. The molecule has 1 aromatic rings. The van der Waals surface area contributed by atoms with Gasteiger partial charge in [0.25, 0.3) is 0 Å². The fourth-order valence-corrected chi connectivity index (χ4v) is 6.00. The number of halogens is 1. The summed E-state index contributed by atoms with van der Waals surface area (Å²) in [6, 6.07) is 5.57. The smallest absolute Gasteiger partial charge is 0.250 e. The molecule has 3 amide bonds. The van der Waals surface area contributed by atoms with E-state index in [-0.39, 0.29) is 30.3 Å². The number of nitrogens with zero attached hydrogens (tertiary/aromatic N) is 2. The normalized spacial score (nSPS) is 34.4. The number of carbonyl (C=O) groups is 3. The minimum Gasteiger partial charge on any atom is -0.383 e. The van der Waals surface area contributed by atoms with Gasteiger partial charge in [0, 0.05) is 28.9 Å². The Kier molecular flexibility index (Phi) is 3.76. The Morgan fingerprint density at radius 1 is 1.30 bits per heavy atom. The molecule has 4 heterocycles. The van der Waals surface area contributed by atoms with Crippen molar-refractivity contribution in [2.24, 2.45) is 11.8 Å². The second kappa shape index (κ2) is 5.86. The van der Waals surface area contributed by atoms with Gasteiger partial charge in [-0.15, -0.1) is 0 Å². The molecular formula is C19H20BrN3O4. The molecule has 0 unspecified atom stereocenters. The highest BCUT2D eigenvalue weighted by molar-refractivity contribution is 9.10. The van der Waals surface area contributed by atoms with Crippen LogP contribution in [0.1, 0.15) is 18.4 Å². The van der Waals surface area contributed by atoms with Gasteiger partial charge in [-0.3, -0.25) is 24.2 Å². The number of methoxy groups -OCH3 is 1. The van der Waals surface area contributed by atoms with Crippen molar-refractivity contribution < 1.29 is 19.1 Å². The molecule has 0 saturated carbocycles. The van der Waals surface area contributed by atoms with Gasteiger partial charge >= 0.3 is 0 Å². The molecule has 1 spiro atoms. The number of hydrogen-bond acceptors (Lipinski definition) is 5. The highest BCUT2D eigenvalue weighted by Gasteiger charge is 2.74. The van der Waals surface area contributed by atoms with Crippen molar-refractivity contribution in [2.45, 2.75) is 24.4 Å². The summed E-state index contributed by atoms with van der Waals surface area (Å²) in [7, 11) is 1.55. The maximum Gasteiger partial charge on any atom is 0.250 e. The van der Waals surface area contributed by atoms with Gasteiger partial charge in [0.2, 0.25) is 17.7 Å². The molecule has 3 fully saturated rings. The van der Waals surface area contributed by atoms with Gasteiger partial charge in [0.05, 0.1) is 25.0 Å². The molecule has 4 aliphatic heterocycles. The molecule has 0 aliphatic carbocycles. The summed E-state index contributed by atoms with van der Waals surface area (Å²) < 4.78 is 5.93. The molecule has 0 aromatic heterocycles. The first-order valence-electron chi connectivity index (χ1n) is 9.24. The minimum atomic E-state index is -1.10. The van der Waals surface area contributed by atoms with Gasteiger partial charge in [-0.25, -0.2) is 0 Å². The van der Waals surface area contributed by atoms with Crippen LogP contribution in [0.25, 0.3) is 0 Å². The molecule has 4 atom stereocenters. The predicted molar refractivity (Wildman–Crippen MR) is 99.8 cm³/mol. The van der Waals surface area contributed by atoms with Crippen LogP contribution < -0.4 is 5.32 Å². The molecule has 142 valence electrons. The van der Waals surface area contributed by atoms with Gasteiger partial charge in [-0.05, 0) is 37.6 Å². The van der Waals surface area contributed by atoms with Crippen molar-refractivity contribution in [1.29, 1.82) is 0 Å². The summed E-state index contributed by atoms with van der Waals surface area (Å²) in [5.41, 5.74) is 0.431. The summed E-state index contributed by atoms with van der Waals surface area (Å²) in [5, 5.41) is 2.97. The zero-order chi connectivity index (χ0) is 18.9. The lowest BCUT2D eigenvalue weighted by atomic mass is 9.75. The van der Waals surface area contributed by atoms with Crippen LogP contribution in [0.4, 0.5) is 5.69 Å². The van der Waals surface area contributed by atoms with E-state index in [9.17, 15) is 14.4 Å². The fraction of sp³-hybridized carbons (Fsp3) is 0.526. The summed E-state index contributed by atoms with van der Waals surface area (Å²) in [6.07, 6.45) is 1.75. The first-order chi connectivity index (χ1) is 13.0. The highest BCUT2D eigenvalue weighted by atomic mass is 79.9. The largest absolute Gasteiger partial charge is 0.383 e. The summed E-state index contributed by atoms with van der Waals surface area (Å²) in [4.78, 5) is 43.3. The van der Waals surface area contributed by atoms with Crippen LogP contribution in [0.3, 0.4) is 0 Å². The van der Waals surface area contributed by atoms with Crippen molar-refractivity contribution in [1.82, 2.24) is 9.80 Å². The number of ether oxygens (including phenoxy) is 1. The molecule has 4 aliphatic rings. The molecule has 3 saturated heterocycles. The van der Waals surface area contributed by atoms with Gasteiger partial charge in [-0.1, -0.05) is 15.9 Å². The van der Waals surface area contributed by atoms with Crippen LogP contribution in [-0.4, -0.2) is 60.4 Å². The SMILES string of the molecule is COCCN1C(=O)[C@@H]2[C@H]3CCCN3[C@]3(C(=O)Nc4ccc(Br)cc43)[C@@H]2C1=O. The molecule has 7 nitrogen and oxygen atoms in total. The number of anilines is 1.